The van der Waals surface area contributed by atoms with Crippen molar-refractivity contribution in [3.63, 3.8) is 0 Å². The SMILES string of the molecule is COc1ccc(C2CSC(NC(=O)/C=C/c3ccc(SCCC(F)(F)F)cc3)=N2)cc1. The number of methoxy groups -OCH3 is 1. The van der Waals surface area contributed by atoms with Gasteiger partial charge in [-0.15, -0.1) is 11.8 Å². The smallest absolute Gasteiger partial charge is 0.389 e. The van der Waals surface area contributed by atoms with Crippen LogP contribution in [-0.2, 0) is 4.79 Å². The Morgan fingerprint density at radius 2 is 1.94 bits per heavy atom. The highest BCUT2D eigenvalue weighted by molar-refractivity contribution is 8.14. The normalized spacial score (nSPS) is 16.4. The van der Waals surface area contributed by atoms with Crippen LogP contribution in [0.3, 0.4) is 0 Å². The fourth-order valence-electron chi connectivity index (χ4n) is 2.72. The summed E-state index contributed by atoms with van der Waals surface area (Å²) in [5, 5.41) is 3.35. The van der Waals surface area contributed by atoms with Crippen LogP contribution in [0.5, 0.6) is 5.75 Å². The third kappa shape index (κ3) is 7.66. The third-order valence-electron chi connectivity index (χ3n) is 4.34. The molecule has 0 radical (unpaired) electrons. The molecule has 1 N–H and O–H groups in total. The van der Waals surface area contributed by atoms with E-state index in [1.807, 2.05) is 24.3 Å². The van der Waals surface area contributed by atoms with Crippen molar-refractivity contribution in [1.29, 1.82) is 0 Å². The molecule has 0 fully saturated rings. The van der Waals surface area contributed by atoms with Crippen LogP contribution < -0.4 is 10.1 Å². The lowest BCUT2D eigenvalue weighted by atomic mass is 10.1. The van der Waals surface area contributed by atoms with Gasteiger partial charge in [-0.3, -0.25) is 9.79 Å². The fraction of sp³-hybridized carbons (Fsp3) is 0.273. The van der Waals surface area contributed by atoms with Gasteiger partial charge < -0.3 is 10.1 Å². The summed E-state index contributed by atoms with van der Waals surface area (Å²) in [4.78, 5) is 17.5. The van der Waals surface area contributed by atoms with E-state index in [0.29, 0.717) is 5.17 Å². The van der Waals surface area contributed by atoms with E-state index in [4.69, 9.17) is 4.74 Å². The molecular weight excluding hydrogens is 445 g/mol. The van der Waals surface area contributed by atoms with Crippen LogP contribution >= 0.6 is 23.5 Å². The molecule has 0 bridgehead atoms. The van der Waals surface area contributed by atoms with Crippen LogP contribution in [0.4, 0.5) is 13.2 Å². The number of amides is 1. The predicted molar refractivity (Wildman–Crippen MR) is 121 cm³/mol. The lowest BCUT2D eigenvalue weighted by molar-refractivity contribution is -0.129. The van der Waals surface area contributed by atoms with Crippen molar-refractivity contribution < 1.29 is 22.7 Å². The van der Waals surface area contributed by atoms with Gasteiger partial charge in [-0.25, -0.2) is 0 Å². The number of aliphatic imine (C=N–C) groups is 1. The number of thioether (sulfide) groups is 2. The number of nitrogens with zero attached hydrogens (tertiary/aromatic N) is 1. The van der Waals surface area contributed by atoms with E-state index in [1.54, 1.807) is 37.5 Å². The summed E-state index contributed by atoms with van der Waals surface area (Å²) >= 11 is 2.64. The Kier molecular flexibility index (Phi) is 8.09. The highest BCUT2D eigenvalue weighted by atomic mass is 32.2. The number of nitrogens with one attached hydrogen (secondary N) is 1. The first-order valence-corrected chi connectivity index (χ1v) is 11.4. The van der Waals surface area contributed by atoms with Gasteiger partial charge in [0.1, 0.15) is 5.75 Å². The van der Waals surface area contributed by atoms with Gasteiger partial charge in [0.15, 0.2) is 5.17 Å². The van der Waals surface area contributed by atoms with E-state index in [1.165, 1.54) is 17.8 Å². The van der Waals surface area contributed by atoms with Crippen LogP contribution in [0.25, 0.3) is 6.08 Å². The zero-order valence-corrected chi connectivity index (χ0v) is 18.3. The highest BCUT2D eigenvalue weighted by Gasteiger charge is 2.26. The summed E-state index contributed by atoms with van der Waals surface area (Å²) in [6.07, 6.45) is -1.89. The Morgan fingerprint density at radius 1 is 1.23 bits per heavy atom. The Bertz CT molecular complexity index is 943. The molecule has 1 aliphatic rings. The molecule has 0 aromatic heterocycles. The monoisotopic (exact) mass is 466 g/mol. The molecule has 2 aromatic rings. The van der Waals surface area contributed by atoms with Gasteiger partial charge in [0.05, 0.1) is 19.6 Å². The molecule has 4 nitrogen and oxygen atoms in total. The summed E-state index contributed by atoms with van der Waals surface area (Å²) in [6.45, 7) is 0. The molecular formula is C22H21F3N2O2S2. The summed E-state index contributed by atoms with van der Waals surface area (Å²) in [7, 11) is 1.62. The predicted octanol–water partition coefficient (Wildman–Crippen LogP) is 5.71. The quantitative estimate of drug-likeness (QED) is 0.419. The second kappa shape index (κ2) is 10.8. The minimum Gasteiger partial charge on any atom is -0.497 e. The standard InChI is InChI=1S/C22H21F3N2O2S2/c1-29-17-7-5-16(6-8-17)19-14-31-21(26-19)27-20(28)11-4-15-2-9-18(10-3-15)30-13-12-22(23,24)25/h2-11,19H,12-14H2,1H3,(H,26,27,28)/b11-4+. The Hall–Kier alpha value is -2.39. The van der Waals surface area contributed by atoms with E-state index in [2.05, 4.69) is 10.3 Å². The second-order valence-electron chi connectivity index (χ2n) is 6.64. The van der Waals surface area contributed by atoms with Gasteiger partial charge in [-0.2, -0.15) is 13.2 Å². The molecule has 1 aliphatic heterocycles. The third-order valence-corrected chi connectivity index (χ3v) is 6.32. The average molecular weight is 467 g/mol. The topological polar surface area (TPSA) is 50.7 Å². The zero-order chi connectivity index (χ0) is 22.3. The van der Waals surface area contributed by atoms with Crippen molar-refractivity contribution in [2.24, 2.45) is 4.99 Å². The molecule has 2 aromatic carbocycles. The number of ether oxygens (including phenoxy) is 1. The van der Waals surface area contributed by atoms with Gasteiger partial charge in [0, 0.05) is 22.5 Å². The summed E-state index contributed by atoms with van der Waals surface area (Å²) < 4.78 is 41.8. The number of rotatable bonds is 7. The van der Waals surface area contributed by atoms with Crippen molar-refractivity contribution >= 4 is 40.7 Å². The Morgan fingerprint density at radius 3 is 2.58 bits per heavy atom. The summed E-state index contributed by atoms with van der Waals surface area (Å²) in [5.41, 5.74) is 1.84. The molecule has 0 saturated carbocycles. The minimum absolute atomic E-state index is 0.0155. The molecule has 1 atom stereocenters. The van der Waals surface area contributed by atoms with Crippen LogP contribution in [0.2, 0.25) is 0 Å². The number of amidine groups is 1. The van der Waals surface area contributed by atoms with E-state index >= 15 is 0 Å². The van der Waals surface area contributed by atoms with Crippen LogP contribution in [-0.4, -0.2) is 35.9 Å². The molecule has 0 spiro atoms. The lowest BCUT2D eigenvalue weighted by Crippen LogP contribution is -2.25. The summed E-state index contributed by atoms with van der Waals surface area (Å²) in [5.74, 6) is 1.23. The van der Waals surface area contributed by atoms with E-state index in [9.17, 15) is 18.0 Å². The molecule has 0 saturated heterocycles. The second-order valence-corrected chi connectivity index (χ2v) is 8.82. The zero-order valence-electron chi connectivity index (χ0n) is 16.7. The molecule has 1 unspecified atom stereocenters. The lowest BCUT2D eigenvalue weighted by Gasteiger charge is -2.06. The van der Waals surface area contributed by atoms with Crippen molar-refractivity contribution in [3.05, 3.63) is 65.7 Å². The van der Waals surface area contributed by atoms with Gasteiger partial charge in [-0.1, -0.05) is 36.0 Å². The van der Waals surface area contributed by atoms with Crippen molar-refractivity contribution in [2.45, 2.75) is 23.5 Å². The largest absolute Gasteiger partial charge is 0.497 e. The number of alkyl halides is 3. The van der Waals surface area contributed by atoms with Crippen LogP contribution in [0.15, 0.2) is 64.5 Å². The molecule has 1 amide bonds. The fourth-order valence-corrected chi connectivity index (χ4v) is 4.57. The minimum atomic E-state index is -4.14. The highest BCUT2D eigenvalue weighted by Crippen LogP contribution is 2.30. The maximum absolute atomic E-state index is 12.2. The van der Waals surface area contributed by atoms with Crippen molar-refractivity contribution in [1.82, 2.24) is 5.32 Å². The van der Waals surface area contributed by atoms with E-state index in [0.717, 1.165) is 39.3 Å². The molecule has 164 valence electrons. The van der Waals surface area contributed by atoms with Gasteiger partial charge in [0.2, 0.25) is 5.91 Å². The van der Waals surface area contributed by atoms with Gasteiger partial charge in [0.25, 0.3) is 0 Å². The number of hydrogen-bond donors (Lipinski definition) is 1. The first kappa shape index (κ1) is 23.3. The maximum Gasteiger partial charge on any atom is 0.389 e. The number of carbonyl (C=O) groups excluding carboxylic acids is 1. The Balaban J connectivity index is 1.48. The maximum atomic E-state index is 12.2. The average Bonchev–Trinajstić information content (AvgIpc) is 3.21. The van der Waals surface area contributed by atoms with Gasteiger partial charge in [-0.05, 0) is 41.5 Å². The van der Waals surface area contributed by atoms with Crippen molar-refractivity contribution in [3.8, 4) is 5.75 Å². The molecule has 3 rings (SSSR count). The number of benzene rings is 2. The molecule has 0 aliphatic carbocycles. The van der Waals surface area contributed by atoms with E-state index in [-0.39, 0.29) is 17.7 Å². The number of halogens is 3. The first-order valence-electron chi connectivity index (χ1n) is 9.45. The summed E-state index contributed by atoms with van der Waals surface area (Å²) in [6, 6.07) is 14.7. The van der Waals surface area contributed by atoms with Crippen molar-refractivity contribution in [2.75, 3.05) is 18.6 Å². The van der Waals surface area contributed by atoms with Gasteiger partial charge >= 0.3 is 6.18 Å². The number of hydrogen-bond acceptors (Lipinski definition) is 5. The first-order chi connectivity index (χ1) is 14.8. The van der Waals surface area contributed by atoms with E-state index < -0.39 is 12.6 Å². The Labute approximate surface area is 187 Å². The molecule has 31 heavy (non-hydrogen) atoms. The van der Waals surface area contributed by atoms with Crippen LogP contribution in [0.1, 0.15) is 23.6 Å². The molecule has 1 heterocycles. The van der Waals surface area contributed by atoms with Crippen LogP contribution in [0, 0.1) is 0 Å². The number of carbonyl (C=O) groups is 1. The molecule has 9 heteroatoms.